The first-order chi connectivity index (χ1) is 13.1. The largest absolute Gasteiger partial charge is 0.477 e. The van der Waals surface area contributed by atoms with E-state index in [9.17, 15) is 14.7 Å². The highest BCUT2D eigenvalue weighted by atomic mass is 32.2. The number of pyridine rings is 1. The number of anilines is 1. The Kier molecular flexibility index (Phi) is 9.06. The summed E-state index contributed by atoms with van der Waals surface area (Å²) in [6.45, 7) is 2.55. The number of unbranched alkanes of at least 4 members (excludes halogenated alkanes) is 3. The number of amides is 2. The lowest BCUT2D eigenvalue weighted by Crippen LogP contribution is -2.30. The van der Waals surface area contributed by atoms with Gasteiger partial charge in [-0.15, -0.1) is 11.8 Å². The summed E-state index contributed by atoms with van der Waals surface area (Å²) in [5, 5.41) is 15.5. The number of nitrogens with one attached hydrogen (secondary N) is 2. The number of aromatic carboxylic acids is 1. The molecule has 0 saturated carbocycles. The Bertz CT molecular complexity index is 737. The molecule has 0 aliphatic heterocycles. The molecular formula is C18H24N4O3S2. The fourth-order valence-electron chi connectivity index (χ4n) is 2.34. The zero-order valence-electron chi connectivity index (χ0n) is 15.2. The van der Waals surface area contributed by atoms with E-state index in [2.05, 4.69) is 26.9 Å². The minimum Gasteiger partial charge on any atom is -0.477 e. The molecule has 0 atom stereocenters. The van der Waals surface area contributed by atoms with E-state index in [4.69, 9.17) is 0 Å². The van der Waals surface area contributed by atoms with Gasteiger partial charge in [0.1, 0.15) is 15.6 Å². The van der Waals surface area contributed by atoms with Gasteiger partial charge in [0.2, 0.25) is 0 Å². The second-order valence-corrected chi connectivity index (χ2v) is 7.72. The maximum Gasteiger partial charge on any atom is 0.341 e. The van der Waals surface area contributed by atoms with E-state index in [1.807, 2.05) is 18.2 Å². The van der Waals surface area contributed by atoms with Crippen molar-refractivity contribution in [3.63, 3.8) is 0 Å². The molecule has 3 N–H and O–H groups in total. The highest BCUT2D eigenvalue weighted by Crippen LogP contribution is 2.32. The van der Waals surface area contributed by atoms with E-state index in [1.165, 1.54) is 18.2 Å². The van der Waals surface area contributed by atoms with E-state index in [-0.39, 0.29) is 10.6 Å². The molecule has 0 bridgehead atoms. The summed E-state index contributed by atoms with van der Waals surface area (Å²) in [7, 11) is 0. The molecule has 7 nitrogen and oxygen atoms in total. The summed E-state index contributed by atoms with van der Waals surface area (Å²) in [6, 6.07) is 5.16. The fraction of sp³-hybridized carbons (Fsp3) is 0.444. The van der Waals surface area contributed by atoms with Gasteiger partial charge in [-0.05, 0) is 35.8 Å². The van der Waals surface area contributed by atoms with Crippen molar-refractivity contribution in [1.82, 2.24) is 14.7 Å². The summed E-state index contributed by atoms with van der Waals surface area (Å²) in [5.74, 6) is -0.261. The molecule has 0 spiro atoms. The van der Waals surface area contributed by atoms with E-state index < -0.39 is 12.0 Å². The van der Waals surface area contributed by atoms with Gasteiger partial charge in [0.25, 0.3) is 0 Å². The lowest BCUT2D eigenvalue weighted by atomic mass is 10.2. The molecule has 0 unspecified atom stereocenters. The number of rotatable bonds is 11. The third kappa shape index (κ3) is 7.18. The number of hydrogen-bond donors (Lipinski definition) is 3. The van der Waals surface area contributed by atoms with Crippen LogP contribution in [0.4, 0.5) is 9.80 Å². The molecule has 27 heavy (non-hydrogen) atoms. The van der Waals surface area contributed by atoms with E-state index >= 15 is 0 Å². The van der Waals surface area contributed by atoms with Gasteiger partial charge in [0.05, 0.1) is 0 Å². The Morgan fingerprint density at radius 1 is 1.26 bits per heavy atom. The minimum atomic E-state index is -1.08. The predicted octanol–water partition coefficient (Wildman–Crippen LogP) is 4.27. The number of thioether (sulfide) groups is 1. The Hall–Kier alpha value is -2.13. The summed E-state index contributed by atoms with van der Waals surface area (Å²) in [6.07, 6.45) is 6.78. The van der Waals surface area contributed by atoms with Gasteiger partial charge < -0.3 is 10.4 Å². The maximum absolute atomic E-state index is 12.1. The molecule has 0 radical (unpaired) electrons. The first-order valence-electron chi connectivity index (χ1n) is 8.92. The third-order valence-corrected chi connectivity index (χ3v) is 5.67. The number of hydrogen-bond acceptors (Lipinski definition) is 6. The van der Waals surface area contributed by atoms with Gasteiger partial charge >= 0.3 is 12.0 Å². The van der Waals surface area contributed by atoms with Crippen LogP contribution >= 0.6 is 23.3 Å². The standard InChI is InChI=1S/C18H24N4O3S2/c1-2-3-4-7-12-26-16-14(17(23)24)15(27-22-16)21-18(25)20-11-9-13-8-5-6-10-19-13/h5-6,8,10H,2-4,7,9,11-12H2,1H3,(H,23,24)(H2,20,21,25). The molecule has 2 rings (SSSR count). The molecule has 2 aromatic heterocycles. The normalized spacial score (nSPS) is 10.6. The molecule has 146 valence electrons. The van der Waals surface area contributed by atoms with Crippen molar-refractivity contribution < 1.29 is 14.7 Å². The Balaban J connectivity index is 1.85. The maximum atomic E-state index is 12.1. The predicted molar refractivity (Wildman–Crippen MR) is 109 cm³/mol. The van der Waals surface area contributed by atoms with Crippen LogP contribution in [0.3, 0.4) is 0 Å². The molecule has 9 heteroatoms. The van der Waals surface area contributed by atoms with Crippen LogP contribution in [0, 0.1) is 0 Å². The average molecular weight is 409 g/mol. The summed E-state index contributed by atoms with van der Waals surface area (Å²) < 4.78 is 4.21. The third-order valence-electron chi connectivity index (χ3n) is 3.73. The van der Waals surface area contributed by atoms with Gasteiger partial charge in [-0.1, -0.05) is 32.3 Å². The van der Waals surface area contributed by atoms with Crippen molar-refractivity contribution in [2.75, 3.05) is 17.6 Å². The van der Waals surface area contributed by atoms with Gasteiger partial charge in [-0.2, -0.15) is 4.37 Å². The summed E-state index contributed by atoms with van der Waals surface area (Å²) >= 11 is 2.42. The van der Waals surface area contributed by atoms with Crippen molar-refractivity contribution in [3.8, 4) is 0 Å². The van der Waals surface area contributed by atoms with Crippen LogP contribution in [0.15, 0.2) is 29.4 Å². The van der Waals surface area contributed by atoms with Crippen LogP contribution in [0.2, 0.25) is 0 Å². The molecule has 2 amide bonds. The van der Waals surface area contributed by atoms with Crippen LogP contribution in [0.5, 0.6) is 0 Å². The number of carbonyl (C=O) groups excluding carboxylic acids is 1. The van der Waals surface area contributed by atoms with Crippen molar-refractivity contribution >= 4 is 40.3 Å². The lowest BCUT2D eigenvalue weighted by molar-refractivity contribution is 0.0694. The van der Waals surface area contributed by atoms with Gasteiger partial charge in [-0.3, -0.25) is 10.3 Å². The summed E-state index contributed by atoms with van der Waals surface area (Å²) in [4.78, 5) is 27.8. The first-order valence-corrected chi connectivity index (χ1v) is 10.7. The molecule has 2 heterocycles. The van der Waals surface area contributed by atoms with E-state index in [0.29, 0.717) is 18.0 Å². The second kappa shape index (κ2) is 11.6. The van der Waals surface area contributed by atoms with Crippen molar-refractivity contribution in [3.05, 3.63) is 35.7 Å². The van der Waals surface area contributed by atoms with Crippen LogP contribution in [0.1, 0.15) is 48.7 Å². The molecule has 0 saturated heterocycles. The van der Waals surface area contributed by atoms with E-state index in [0.717, 1.165) is 42.2 Å². The SMILES string of the molecule is CCCCCCSc1nsc(NC(=O)NCCc2ccccn2)c1C(=O)O. The zero-order chi connectivity index (χ0) is 19.5. The van der Waals surface area contributed by atoms with Crippen molar-refractivity contribution in [2.45, 2.75) is 44.1 Å². The molecule has 2 aromatic rings. The van der Waals surface area contributed by atoms with Gasteiger partial charge in [0.15, 0.2) is 0 Å². The monoisotopic (exact) mass is 408 g/mol. The molecular weight excluding hydrogens is 384 g/mol. The van der Waals surface area contributed by atoms with Gasteiger partial charge in [0, 0.05) is 24.9 Å². The average Bonchev–Trinajstić information content (AvgIpc) is 3.05. The van der Waals surface area contributed by atoms with Crippen molar-refractivity contribution in [2.24, 2.45) is 0 Å². The Morgan fingerprint density at radius 2 is 2.11 bits per heavy atom. The molecule has 0 aliphatic rings. The number of aromatic nitrogens is 2. The highest BCUT2D eigenvalue weighted by molar-refractivity contribution is 7.99. The van der Waals surface area contributed by atoms with Crippen LogP contribution in [-0.4, -0.2) is 38.8 Å². The minimum absolute atomic E-state index is 0.0698. The highest BCUT2D eigenvalue weighted by Gasteiger charge is 2.22. The topological polar surface area (TPSA) is 104 Å². The summed E-state index contributed by atoms with van der Waals surface area (Å²) in [5.41, 5.74) is 0.948. The van der Waals surface area contributed by atoms with Crippen LogP contribution in [0.25, 0.3) is 0 Å². The second-order valence-electron chi connectivity index (χ2n) is 5.86. The van der Waals surface area contributed by atoms with Gasteiger partial charge in [-0.25, -0.2) is 9.59 Å². The Morgan fingerprint density at radius 3 is 2.81 bits per heavy atom. The van der Waals surface area contributed by atoms with Crippen LogP contribution < -0.4 is 10.6 Å². The molecule has 0 aromatic carbocycles. The zero-order valence-corrected chi connectivity index (χ0v) is 16.9. The lowest BCUT2D eigenvalue weighted by Gasteiger charge is -2.07. The smallest absolute Gasteiger partial charge is 0.341 e. The van der Waals surface area contributed by atoms with Crippen molar-refractivity contribution in [1.29, 1.82) is 0 Å². The number of carboxylic acid groups (broad SMARTS) is 1. The Labute approximate surface area is 167 Å². The van der Waals surface area contributed by atoms with E-state index in [1.54, 1.807) is 6.20 Å². The fourth-order valence-corrected chi connectivity index (χ4v) is 4.28. The number of nitrogens with zero attached hydrogens (tertiary/aromatic N) is 2. The molecule has 0 fully saturated rings. The van der Waals surface area contributed by atoms with Crippen LogP contribution in [-0.2, 0) is 6.42 Å². The number of urea groups is 1. The quantitative estimate of drug-likeness (QED) is 0.379. The molecule has 0 aliphatic carbocycles. The number of carbonyl (C=O) groups is 2. The number of carboxylic acids is 1. The first kappa shape index (κ1) is 21.2.